The maximum atomic E-state index is 13.4. The highest BCUT2D eigenvalue weighted by atomic mass is 19.4. The molecule has 0 spiro atoms. The van der Waals surface area contributed by atoms with Gasteiger partial charge in [-0.3, -0.25) is 4.79 Å². The molecule has 1 fully saturated rings. The molecule has 10 heteroatoms. The molecule has 1 saturated heterocycles. The molecule has 1 aliphatic heterocycles. The normalized spacial score (nSPS) is 24.3. The van der Waals surface area contributed by atoms with E-state index in [1.165, 1.54) is 0 Å². The van der Waals surface area contributed by atoms with Gasteiger partial charge in [-0.15, -0.1) is 0 Å². The number of aromatic nitrogens is 2. The number of nitrogens with zero attached hydrogens (tertiary/aromatic N) is 3. The summed E-state index contributed by atoms with van der Waals surface area (Å²) in [4.78, 5) is 19.0. The van der Waals surface area contributed by atoms with Gasteiger partial charge in [-0.05, 0) is 5.92 Å². The zero-order valence-electron chi connectivity index (χ0n) is 12.1. The van der Waals surface area contributed by atoms with E-state index in [-0.39, 0.29) is 18.9 Å². The van der Waals surface area contributed by atoms with E-state index in [2.05, 4.69) is 15.3 Å². The van der Waals surface area contributed by atoms with E-state index >= 15 is 0 Å². The summed E-state index contributed by atoms with van der Waals surface area (Å²) in [5.41, 5.74) is -0.983. The van der Waals surface area contributed by atoms with E-state index in [1.807, 2.05) is 0 Å². The number of halogens is 5. The summed E-state index contributed by atoms with van der Waals surface area (Å²) < 4.78 is 64.1. The Kier molecular flexibility index (Phi) is 4.71. The molecule has 2 rings (SSSR count). The van der Waals surface area contributed by atoms with Crippen molar-refractivity contribution in [1.82, 2.24) is 14.9 Å². The van der Waals surface area contributed by atoms with E-state index in [1.54, 1.807) is 6.92 Å². The second-order valence-corrected chi connectivity index (χ2v) is 5.56. The third-order valence-corrected chi connectivity index (χ3v) is 3.70. The highest BCUT2D eigenvalue weighted by molar-refractivity contribution is 5.49. The van der Waals surface area contributed by atoms with Crippen molar-refractivity contribution < 1.29 is 26.7 Å². The number of hydrogen-bond donors (Lipinski definition) is 1. The predicted molar refractivity (Wildman–Crippen MR) is 70.8 cm³/mol. The van der Waals surface area contributed by atoms with Crippen molar-refractivity contribution in [3.05, 3.63) is 18.0 Å². The number of likely N-dealkylation sites (tertiary alicyclic amines) is 1. The summed E-state index contributed by atoms with van der Waals surface area (Å²) in [5.74, 6) is -3.49. The summed E-state index contributed by atoms with van der Waals surface area (Å²) >= 11 is 0. The number of carbonyl (C=O) groups is 1. The Bertz CT molecular complexity index is 548. The Balaban J connectivity index is 2.00. The zero-order chi connectivity index (χ0) is 17.3. The first-order valence-electron chi connectivity index (χ1n) is 6.84. The van der Waals surface area contributed by atoms with Crippen LogP contribution in [0.3, 0.4) is 0 Å². The van der Waals surface area contributed by atoms with Crippen molar-refractivity contribution in [1.29, 1.82) is 0 Å². The van der Waals surface area contributed by atoms with Crippen molar-refractivity contribution in [3.8, 4) is 0 Å². The molecule has 5 nitrogen and oxygen atoms in total. The van der Waals surface area contributed by atoms with E-state index in [9.17, 15) is 26.7 Å². The second-order valence-electron chi connectivity index (χ2n) is 5.56. The fraction of sp³-hybridized carbons (Fsp3) is 0.615. The molecule has 1 amide bonds. The van der Waals surface area contributed by atoms with E-state index in [0.717, 1.165) is 4.90 Å². The van der Waals surface area contributed by atoms with Crippen LogP contribution in [-0.2, 0) is 11.0 Å². The molecule has 1 N–H and O–H groups in total. The highest BCUT2D eigenvalue weighted by Crippen LogP contribution is 2.33. The van der Waals surface area contributed by atoms with Crippen molar-refractivity contribution in [3.63, 3.8) is 0 Å². The monoisotopic (exact) mass is 338 g/mol. The topological polar surface area (TPSA) is 58.1 Å². The third kappa shape index (κ3) is 4.26. The lowest BCUT2D eigenvalue weighted by atomic mass is 9.89. The Morgan fingerprint density at radius 3 is 2.52 bits per heavy atom. The zero-order valence-corrected chi connectivity index (χ0v) is 12.1. The van der Waals surface area contributed by atoms with Crippen LogP contribution in [0.5, 0.6) is 0 Å². The maximum absolute atomic E-state index is 13.4. The second kappa shape index (κ2) is 6.25. The van der Waals surface area contributed by atoms with Crippen molar-refractivity contribution in [2.24, 2.45) is 5.92 Å². The average Bonchev–Trinajstić information content (AvgIpc) is 2.44. The standard InChI is InChI=1S/C13H15F5N4O/c1-8-2-12(14,15)6-22(7-23)10(8)5-21-11-19-3-9(4-20-11)13(16,17)18/h3-4,7-8,10H,2,5-6H2,1H3,(H,19,20,21)/t8-,10-/m1/s1. The van der Waals surface area contributed by atoms with Crippen molar-refractivity contribution in [2.75, 3.05) is 18.4 Å². The molecular weight excluding hydrogens is 323 g/mol. The minimum absolute atomic E-state index is 0.0617. The quantitative estimate of drug-likeness (QED) is 0.677. The lowest BCUT2D eigenvalue weighted by molar-refractivity contribution is -0.139. The van der Waals surface area contributed by atoms with Crippen LogP contribution in [0.2, 0.25) is 0 Å². The van der Waals surface area contributed by atoms with Gasteiger partial charge in [-0.1, -0.05) is 6.92 Å². The van der Waals surface area contributed by atoms with Crippen LogP contribution >= 0.6 is 0 Å². The first-order valence-corrected chi connectivity index (χ1v) is 6.84. The first kappa shape index (κ1) is 17.4. The van der Waals surface area contributed by atoms with Gasteiger partial charge in [0.25, 0.3) is 5.92 Å². The minimum Gasteiger partial charge on any atom is -0.352 e. The van der Waals surface area contributed by atoms with Crippen LogP contribution in [0.4, 0.5) is 27.9 Å². The van der Waals surface area contributed by atoms with Gasteiger partial charge in [0, 0.05) is 25.4 Å². The third-order valence-electron chi connectivity index (χ3n) is 3.70. The molecular formula is C13H15F5N4O. The molecule has 0 saturated carbocycles. The summed E-state index contributed by atoms with van der Waals surface area (Å²) in [7, 11) is 0. The molecule has 0 aliphatic carbocycles. The molecule has 2 heterocycles. The fourth-order valence-corrected chi connectivity index (χ4v) is 2.58. The van der Waals surface area contributed by atoms with Gasteiger partial charge < -0.3 is 10.2 Å². The fourth-order valence-electron chi connectivity index (χ4n) is 2.58. The highest BCUT2D eigenvalue weighted by Gasteiger charge is 2.43. The Labute approximate surface area is 128 Å². The molecule has 23 heavy (non-hydrogen) atoms. The summed E-state index contributed by atoms with van der Waals surface area (Å²) in [6, 6.07) is -0.516. The van der Waals surface area contributed by atoms with Crippen LogP contribution in [0.15, 0.2) is 12.4 Å². The predicted octanol–water partition coefficient (Wildman–Crippen LogP) is 2.41. The van der Waals surface area contributed by atoms with Crippen LogP contribution in [0.25, 0.3) is 0 Å². The lowest BCUT2D eigenvalue weighted by Gasteiger charge is -2.41. The van der Waals surface area contributed by atoms with Crippen LogP contribution in [0, 0.1) is 5.92 Å². The largest absolute Gasteiger partial charge is 0.419 e. The molecule has 0 unspecified atom stereocenters. The van der Waals surface area contributed by atoms with E-state index in [0.29, 0.717) is 18.8 Å². The summed E-state index contributed by atoms with van der Waals surface area (Å²) in [6.07, 6.45) is -3.28. The Morgan fingerprint density at radius 2 is 2.00 bits per heavy atom. The molecule has 1 aromatic rings. The molecule has 0 bridgehead atoms. The van der Waals surface area contributed by atoms with E-state index < -0.39 is 36.2 Å². The van der Waals surface area contributed by atoms with Gasteiger partial charge in [0.15, 0.2) is 0 Å². The molecule has 0 radical (unpaired) electrons. The smallest absolute Gasteiger partial charge is 0.352 e. The Morgan fingerprint density at radius 1 is 1.39 bits per heavy atom. The molecule has 1 aliphatic rings. The van der Waals surface area contributed by atoms with E-state index in [4.69, 9.17) is 0 Å². The SMILES string of the molecule is C[C@@H]1CC(F)(F)CN(C=O)[C@@H]1CNc1ncc(C(F)(F)F)cn1. The van der Waals surface area contributed by atoms with Gasteiger partial charge in [-0.2, -0.15) is 13.2 Å². The maximum Gasteiger partial charge on any atom is 0.419 e. The number of nitrogens with one attached hydrogen (secondary N) is 1. The number of anilines is 1. The van der Waals surface area contributed by atoms with Crippen LogP contribution in [0.1, 0.15) is 18.9 Å². The van der Waals surface area contributed by atoms with Gasteiger partial charge in [-0.25, -0.2) is 18.7 Å². The number of amides is 1. The van der Waals surface area contributed by atoms with Crippen molar-refractivity contribution in [2.45, 2.75) is 31.5 Å². The van der Waals surface area contributed by atoms with Gasteiger partial charge in [0.05, 0.1) is 18.2 Å². The number of carbonyl (C=O) groups excluding carboxylic acids is 1. The number of piperidine rings is 1. The summed E-state index contributed by atoms with van der Waals surface area (Å²) in [5, 5.41) is 2.68. The average molecular weight is 338 g/mol. The number of alkyl halides is 5. The summed E-state index contributed by atoms with van der Waals surface area (Å²) in [6.45, 7) is 0.978. The van der Waals surface area contributed by atoms with Crippen LogP contribution < -0.4 is 5.32 Å². The van der Waals surface area contributed by atoms with Gasteiger partial charge >= 0.3 is 6.18 Å². The van der Waals surface area contributed by atoms with Gasteiger partial charge in [0.2, 0.25) is 12.4 Å². The number of hydrogen-bond acceptors (Lipinski definition) is 4. The molecule has 0 aromatic carbocycles. The molecule has 128 valence electrons. The molecule has 1 aromatic heterocycles. The molecule has 2 atom stereocenters. The van der Waals surface area contributed by atoms with Gasteiger partial charge in [0.1, 0.15) is 0 Å². The first-order chi connectivity index (χ1) is 10.6. The number of rotatable bonds is 4. The lowest BCUT2D eigenvalue weighted by Crippen LogP contribution is -2.54. The van der Waals surface area contributed by atoms with Crippen LogP contribution in [-0.4, -0.2) is 46.3 Å². The van der Waals surface area contributed by atoms with Crippen molar-refractivity contribution >= 4 is 12.4 Å². The minimum atomic E-state index is -4.53. The Hall–Kier alpha value is -2.00.